The molecule has 2 heterocycles. The van der Waals surface area contributed by atoms with Crippen LogP contribution in [-0.4, -0.2) is 47.4 Å². The van der Waals surface area contributed by atoms with Gasteiger partial charge in [0.15, 0.2) is 0 Å². The SMILES string of the molecule is COC(=O)c1cc(Nc2ncc(C)c(NC3COCCC3C#N)n2)cc(C2CC2)c1O. The Labute approximate surface area is 180 Å². The average Bonchev–Trinajstić information content (AvgIpc) is 3.62. The molecule has 3 N–H and O–H groups in total. The molecule has 0 radical (unpaired) electrons. The molecule has 9 heteroatoms. The van der Waals surface area contributed by atoms with Crippen molar-refractivity contribution in [2.24, 2.45) is 5.92 Å². The van der Waals surface area contributed by atoms with Crippen LogP contribution < -0.4 is 10.6 Å². The highest BCUT2D eigenvalue weighted by Crippen LogP contribution is 2.46. The van der Waals surface area contributed by atoms with Crippen molar-refractivity contribution in [2.45, 2.75) is 38.1 Å². The third-order valence-electron chi connectivity index (χ3n) is 5.63. The van der Waals surface area contributed by atoms with Gasteiger partial charge in [-0.2, -0.15) is 10.2 Å². The van der Waals surface area contributed by atoms with Gasteiger partial charge in [0.25, 0.3) is 0 Å². The van der Waals surface area contributed by atoms with Crippen molar-refractivity contribution in [3.05, 3.63) is 35.0 Å². The number of phenolic OH excluding ortho intramolecular Hbond substituents is 1. The van der Waals surface area contributed by atoms with Gasteiger partial charge in [-0.3, -0.25) is 0 Å². The predicted octanol–water partition coefficient (Wildman–Crippen LogP) is 3.24. The Morgan fingerprint density at radius 3 is 2.87 bits per heavy atom. The molecule has 0 spiro atoms. The maximum Gasteiger partial charge on any atom is 0.341 e. The van der Waals surface area contributed by atoms with E-state index in [2.05, 4.69) is 26.7 Å². The first-order chi connectivity index (χ1) is 15.0. The fourth-order valence-electron chi connectivity index (χ4n) is 3.69. The summed E-state index contributed by atoms with van der Waals surface area (Å²) in [5.74, 6) is 0.391. The molecule has 2 fully saturated rings. The van der Waals surface area contributed by atoms with Gasteiger partial charge in [0, 0.05) is 24.1 Å². The summed E-state index contributed by atoms with van der Waals surface area (Å²) in [5.41, 5.74) is 2.25. The van der Waals surface area contributed by atoms with Crippen LogP contribution in [0.15, 0.2) is 18.3 Å². The van der Waals surface area contributed by atoms with Crippen LogP contribution in [0.5, 0.6) is 5.75 Å². The standard InChI is InChI=1S/C22H25N5O4/c1-12-10-24-22(27-20(12)26-18-11-31-6-5-14(18)9-23)25-15-7-16(13-3-4-13)19(28)17(8-15)21(29)30-2/h7-8,10,13-14,18,28H,3-6,11H2,1-2H3,(H2,24,25,26,27). The van der Waals surface area contributed by atoms with Crippen molar-refractivity contribution in [3.8, 4) is 11.8 Å². The maximum atomic E-state index is 12.1. The number of phenols is 1. The van der Waals surface area contributed by atoms with E-state index in [-0.39, 0.29) is 29.2 Å². The Morgan fingerprint density at radius 1 is 1.35 bits per heavy atom. The summed E-state index contributed by atoms with van der Waals surface area (Å²) < 4.78 is 10.3. The second-order valence-corrected chi connectivity index (χ2v) is 7.93. The summed E-state index contributed by atoms with van der Waals surface area (Å²) in [6, 6.07) is 5.53. The molecule has 0 amide bonds. The van der Waals surface area contributed by atoms with E-state index >= 15 is 0 Å². The van der Waals surface area contributed by atoms with E-state index in [4.69, 9.17) is 9.47 Å². The number of esters is 1. The van der Waals surface area contributed by atoms with Gasteiger partial charge in [-0.1, -0.05) is 0 Å². The van der Waals surface area contributed by atoms with Gasteiger partial charge in [-0.05, 0) is 49.8 Å². The van der Waals surface area contributed by atoms with Crippen molar-refractivity contribution in [1.29, 1.82) is 5.26 Å². The van der Waals surface area contributed by atoms with Crippen LogP contribution in [-0.2, 0) is 9.47 Å². The smallest absolute Gasteiger partial charge is 0.341 e. The molecule has 1 saturated carbocycles. The lowest BCUT2D eigenvalue weighted by molar-refractivity contribution is 0.0597. The van der Waals surface area contributed by atoms with Crippen LogP contribution in [0.1, 0.15) is 46.7 Å². The number of nitrogens with one attached hydrogen (secondary N) is 2. The molecule has 1 aliphatic heterocycles. The van der Waals surface area contributed by atoms with E-state index < -0.39 is 5.97 Å². The first kappa shape index (κ1) is 20.9. The lowest BCUT2D eigenvalue weighted by Crippen LogP contribution is -2.38. The highest BCUT2D eigenvalue weighted by Gasteiger charge is 2.30. The fraction of sp³-hybridized carbons (Fsp3) is 0.455. The Morgan fingerprint density at radius 2 is 2.16 bits per heavy atom. The molecule has 2 atom stereocenters. The Kier molecular flexibility index (Phi) is 5.91. The zero-order chi connectivity index (χ0) is 22.0. The summed E-state index contributed by atoms with van der Waals surface area (Å²) in [6.07, 6.45) is 4.30. The number of hydrogen-bond acceptors (Lipinski definition) is 9. The molecule has 9 nitrogen and oxygen atoms in total. The number of ether oxygens (including phenoxy) is 2. The summed E-state index contributed by atoms with van der Waals surface area (Å²) >= 11 is 0. The second kappa shape index (κ2) is 8.78. The third-order valence-corrected chi connectivity index (χ3v) is 5.63. The number of benzene rings is 1. The summed E-state index contributed by atoms with van der Waals surface area (Å²) in [5, 5.41) is 26.3. The Balaban J connectivity index is 1.60. The van der Waals surface area contributed by atoms with E-state index in [1.165, 1.54) is 13.2 Å². The fourth-order valence-corrected chi connectivity index (χ4v) is 3.69. The first-order valence-electron chi connectivity index (χ1n) is 10.3. The van der Waals surface area contributed by atoms with Gasteiger partial charge in [0.05, 0.1) is 31.7 Å². The normalized spacial score (nSPS) is 20.5. The molecule has 2 unspecified atom stereocenters. The topological polar surface area (TPSA) is 129 Å². The monoisotopic (exact) mass is 423 g/mol. The van der Waals surface area contributed by atoms with Gasteiger partial charge in [-0.25, -0.2) is 9.78 Å². The van der Waals surface area contributed by atoms with Crippen molar-refractivity contribution in [1.82, 2.24) is 9.97 Å². The molecule has 31 heavy (non-hydrogen) atoms. The van der Waals surface area contributed by atoms with Crippen LogP contribution in [0, 0.1) is 24.2 Å². The van der Waals surface area contributed by atoms with Gasteiger partial charge in [0.2, 0.25) is 5.95 Å². The largest absolute Gasteiger partial charge is 0.507 e. The van der Waals surface area contributed by atoms with Crippen LogP contribution in [0.4, 0.5) is 17.5 Å². The molecule has 0 bridgehead atoms. The zero-order valence-electron chi connectivity index (χ0n) is 17.5. The number of anilines is 3. The molecule has 1 saturated heterocycles. The molecule has 1 aromatic heterocycles. The molecule has 1 aromatic carbocycles. The number of rotatable bonds is 6. The number of aromatic hydroxyl groups is 1. The highest BCUT2D eigenvalue weighted by atomic mass is 16.5. The molecule has 4 rings (SSSR count). The van der Waals surface area contributed by atoms with E-state index in [9.17, 15) is 15.2 Å². The number of hydrogen-bond donors (Lipinski definition) is 3. The lowest BCUT2D eigenvalue weighted by atomic mass is 9.96. The third kappa shape index (κ3) is 4.54. The highest BCUT2D eigenvalue weighted by molar-refractivity contribution is 5.94. The van der Waals surface area contributed by atoms with Crippen molar-refractivity contribution in [2.75, 3.05) is 31.0 Å². The van der Waals surface area contributed by atoms with Crippen LogP contribution in [0.2, 0.25) is 0 Å². The number of nitriles is 1. The number of aromatic nitrogens is 2. The summed E-state index contributed by atoms with van der Waals surface area (Å²) in [6.45, 7) is 2.91. The number of carbonyl (C=O) groups excluding carboxylic acids is 1. The lowest BCUT2D eigenvalue weighted by Gasteiger charge is -2.28. The minimum atomic E-state index is -0.602. The molecular formula is C22H25N5O4. The first-order valence-corrected chi connectivity index (χ1v) is 10.3. The number of aryl methyl sites for hydroxylation is 1. The minimum absolute atomic E-state index is 0.0353. The minimum Gasteiger partial charge on any atom is -0.507 e. The zero-order valence-corrected chi connectivity index (χ0v) is 17.5. The van der Waals surface area contributed by atoms with Gasteiger partial charge in [-0.15, -0.1) is 0 Å². The molecule has 162 valence electrons. The molecule has 2 aliphatic rings. The maximum absolute atomic E-state index is 12.1. The Bertz CT molecular complexity index is 1030. The summed E-state index contributed by atoms with van der Waals surface area (Å²) in [4.78, 5) is 21.0. The molecule has 1 aliphatic carbocycles. The molecular weight excluding hydrogens is 398 g/mol. The summed E-state index contributed by atoms with van der Waals surface area (Å²) in [7, 11) is 1.28. The number of methoxy groups -OCH3 is 1. The van der Waals surface area contributed by atoms with Crippen molar-refractivity contribution < 1.29 is 19.4 Å². The second-order valence-electron chi connectivity index (χ2n) is 7.93. The van der Waals surface area contributed by atoms with E-state index in [1.54, 1.807) is 6.20 Å². The van der Waals surface area contributed by atoms with Crippen LogP contribution in [0.3, 0.4) is 0 Å². The van der Waals surface area contributed by atoms with Gasteiger partial charge < -0.3 is 25.2 Å². The number of carbonyl (C=O) groups is 1. The van der Waals surface area contributed by atoms with E-state index in [1.807, 2.05) is 13.0 Å². The van der Waals surface area contributed by atoms with Gasteiger partial charge >= 0.3 is 5.97 Å². The predicted molar refractivity (Wildman–Crippen MR) is 113 cm³/mol. The van der Waals surface area contributed by atoms with Crippen molar-refractivity contribution in [3.63, 3.8) is 0 Å². The van der Waals surface area contributed by atoms with E-state index in [0.717, 1.165) is 18.4 Å². The molecule has 2 aromatic rings. The quantitative estimate of drug-likeness (QED) is 0.473. The van der Waals surface area contributed by atoms with Gasteiger partial charge in [0.1, 0.15) is 17.1 Å². The number of nitrogens with zero attached hydrogens (tertiary/aromatic N) is 3. The average molecular weight is 423 g/mol. The van der Waals surface area contributed by atoms with E-state index in [0.29, 0.717) is 42.7 Å². The van der Waals surface area contributed by atoms with Crippen LogP contribution >= 0.6 is 0 Å². The Hall–Kier alpha value is -3.38. The van der Waals surface area contributed by atoms with Crippen molar-refractivity contribution >= 4 is 23.4 Å². The van der Waals surface area contributed by atoms with Crippen LogP contribution in [0.25, 0.3) is 0 Å².